The third-order valence-corrected chi connectivity index (χ3v) is 4.02. The maximum absolute atomic E-state index is 12.2. The van der Waals surface area contributed by atoms with Crippen LogP contribution in [-0.4, -0.2) is 41.1 Å². The summed E-state index contributed by atoms with van der Waals surface area (Å²) in [6.45, 7) is 12.5. The molecule has 1 aromatic heterocycles. The third kappa shape index (κ3) is 3.20. The van der Waals surface area contributed by atoms with E-state index in [9.17, 15) is 4.79 Å². The molecule has 1 aromatic rings. The monoisotopic (exact) mass is 279 g/mol. The second-order valence-corrected chi connectivity index (χ2v) is 6.37. The lowest BCUT2D eigenvalue weighted by Crippen LogP contribution is -2.40. The summed E-state index contributed by atoms with van der Waals surface area (Å²) in [6.07, 6.45) is 0. The van der Waals surface area contributed by atoms with Crippen molar-refractivity contribution in [2.75, 3.05) is 13.1 Å². The maximum atomic E-state index is 12.2. The van der Waals surface area contributed by atoms with E-state index in [0.29, 0.717) is 17.7 Å². The first-order valence-corrected chi connectivity index (χ1v) is 7.40. The molecule has 1 fully saturated rings. The van der Waals surface area contributed by atoms with Gasteiger partial charge in [0.05, 0.1) is 0 Å². The molecule has 0 aliphatic carbocycles. The van der Waals surface area contributed by atoms with Crippen LogP contribution in [0.1, 0.15) is 56.8 Å². The summed E-state index contributed by atoms with van der Waals surface area (Å²) in [7, 11) is 0. The van der Waals surface area contributed by atoms with Crippen molar-refractivity contribution in [2.24, 2.45) is 5.92 Å². The lowest BCUT2D eigenvalue weighted by atomic mass is 10.1. The van der Waals surface area contributed by atoms with Crippen LogP contribution in [0.2, 0.25) is 0 Å². The van der Waals surface area contributed by atoms with E-state index in [-0.39, 0.29) is 17.9 Å². The van der Waals surface area contributed by atoms with Crippen molar-refractivity contribution in [1.29, 1.82) is 0 Å². The van der Waals surface area contributed by atoms with Gasteiger partial charge in [-0.25, -0.2) is 0 Å². The number of likely N-dealkylation sites (tertiary alicyclic amines) is 1. The standard InChI is InChI=1S/C15H25N3O2/c1-9(2)14-6-12(17-20-14)15(19)16-13-8-18(10(3)4)7-11(13)5/h6,9-11,13H,7-8H2,1-5H3,(H,16,19). The Bertz CT molecular complexity index is 467. The van der Waals surface area contributed by atoms with E-state index in [1.165, 1.54) is 0 Å². The minimum absolute atomic E-state index is 0.136. The predicted molar refractivity (Wildman–Crippen MR) is 77.7 cm³/mol. The number of aromatic nitrogens is 1. The second kappa shape index (κ2) is 5.95. The summed E-state index contributed by atoms with van der Waals surface area (Å²) >= 11 is 0. The molecule has 1 N–H and O–H groups in total. The van der Waals surface area contributed by atoms with Crippen LogP contribution in [0, 0.1) is 5.92 Å². The number of carbonyl (C=O) groups is 1. The van der Waals surface area contributed by atoms with Crippen LogP contribution in [0.25, 0.3) is 0 Å². The number of carbonyl (C=O) groups excluding carboxylic acids is 1. The molecule has 0 bridgehead atoms. The molecule has 5 heteroatoms. The van der Waals surface area contributed by atoms with Gasteiger partial charge in [-0.1, -0.05) is 25.9 Å². The highest BCUT2D eigenvalue weighted by Gasteiger charge is 2.32. The van der Waals surface area contributed by atoms with Gasteiger partial charge < -0.3 is 9.84 Å². The first kappa shape index (κ1) is 15.0. The average Bonchev–Trinajstić information content (AvgIpc) is 2.97. The Balaban J connectivity index is 1.97. The molecule has 0 radical (unpaired) electrons. The highest BCUT2D eigenvalue weighted by molar-refractivity contribution is 5.92. The molecule has 2 unspecified atom stereocenters. The summed E-state index contributed by atoms with van der Waals surface area (Å²) < 4.78 is 5.18. The average molecular weight is 279 g/mol. The molecule has 2 atom stereocenters. The molecule has 112 valence electrons. The molecule has 1 amide bonds. The van der Waals surface area contributed by atoms with E-state index < -0.39 is 0 Å². The maximum Gasteiger partial charge on any atom is 0.273 e. The molecule has 5 nitrogen and oxygen atoms in total. The van der Waals surface area contributed by atoms with Crippen molar-refractivity contribution in [1.82, 2.24) is 15.4 Å². The van der Waals surface area contributed by atoms with Crippen molar-refractivity contribution in [2.45, 2.75) is 52.6 Å². The van der Waals surface area contributed by atoms with Gasteiger partial charge in [-0.2, -0.15) is 0 Å². The van der Waals surface area contributed by atoms with Gasteiger partial charge in [0.2, 0.25) is 0 Å². The quantitative estimate of drug-likeness (QED) is 0.918. The first-order chi connectivity index (χ1) is 9.38. The van der Waals surface area contributed by atoms with Gasteiger partial charge in [-0.3, -0.25) is 9.69 Å². The van der Waals surface area contributed by atoms with Gasteiger partial charge in [0, 0.05) is 37.2 Å². The zero-order valence-corrected chi connectivity index (χ0v) is 13.0. The van der Waals surface area contributed by atoms with E-state index in [1.54, 1.807) is 6.07 Å². The molecule has 1 aliphatic heterocycles. The topological polar surface area (TPSA) is 58.4 Å². The summed E-state index contributed by atoms with van der Waals surface area (Å²) in [5.41, 5.74) is 0.379. The van der Waals surface area contributed by atoms with E-state index in [0.717, 1.165) is 18.8 Å². The Hall–Kier alpha value is -1.36. The minimum Gasteiger partial charge on any atom is -0.360 e. The van der Waals surface area contributed by atoms with E-state index in [2.05, 4.69) is 36.1 Å². The van der Waals surface area contributed by atoms with Crippen LogP contribution < -0.4 is 5.32 Å². The molecule has 0 spiro atoms. The van der Waals surface area contributed by atoms with Crippen molar-refractivity contribution in [3.63, 3.8) is 0 Å². The normalized spacial score (nSPS) is 23.8. The molecule has 0 aromatic carbocycles. The lowest BCUT2D eigenvalue weighted by molar-refractivity contribution is 0.0921. The van der Waals surface area contributed by atoms with Crippen molar-refractivity contribution in [3.8, 4) is 0 Å². The number of rotatable bonds is 4. The smallest absolute Gasteiger partial charge is 0.273 e. The van der Waals surface area contributed by atoms with Crippen LogP contribution in [0.15, 0.2) is 10.6 Å². The number of hydrogen-bond donors (Lipinski definition) is 1. The van der Waals surface area contributed by atoms with Gasteiger partial charge >= 0.3 is 0 Å². The summed E-state index contributed by atoms with van der Waals surface area (Å²) in [5.74, 6) is 1.31. The number of hydrogen-bond acceptors (Lipinski definition) is 4. The van der Waals surface area contributed by atoms with Crippen LogP contribution in [0.3, 0.4) is 0 Å². The molecule has 1 aliphatic rings. The number of nitrogens with zero attached hydrogens (tertiary/aromatic N) is 2. The number of amides is 1. The highest BCUT2D eigenvalue weighted by atomic mass is 16.5. The minimum atomic E-state index is -0.136. The molecule has 2 heterocycles. The van der Waals surface area contributed by atoms with Gasteiger partial charge in [-0.15, -0.1) is 0 Å². The zero-order chi connectivity index (χ0) is 14.9. The largest absolute Gasteiger partial charge is 0.360 e. The summed E-state index contributed by atoms with van der Waals surface area (Å²) in [6, 6.07) is 2.43. The summed E-state index contributed by atoms with van der Waals surface area (Å²) in [5, 5.41) is 6.94. The first-order valence-electron chi connectivity index (χ1n) is 7.40. The van der Waals surface area contributed by atoms with Gasteiger partial charge in [0.1, 0.15) is 5.76 Å². The second-order valence-electron chi connectivity index (χ2n) is 6.37. The highest BCUT2D eigenvalue weighted by Crippen LogP contribution is 2.20. The fourth-order valence-corrected chi connectivity index (χ4v) is 2.52. The Morgan fingerprint density at radius 3 is 2.60 bits per heavy atom. The van der Waals surface area contributed by atoms with E-state index in [4.69, 9.17) is 4.52 Å². The molecule has 1 saturated heterocycles. The fourth-order valence-electron chi connectivity index (χ4n) is 2.52. The van der Waals surface area contributed by atoms with Gasteiger partial charge in [-0.05, 0) is 19.8 Å². The molecular formula is C15H25N3O2. The Labute approximate surface area is 120 Å². The lowest BCUT2D eigenvalue weighted by Gasteiger charge is -2.20. The predicted octanol–water partition coefficient (Wildman–Crippen LogP) is 2.26. The third-order valence-electron chi connectivity index (χ3n) is 4.02. The Kier molecular flexibility index (Phi) is 4.48. The van der Waals surface area contributed by atoms with Gasteiger partial charge in [0.15, 0.2) is 5.69 Å². The van der Waals surface area contributed by atoms with Crippen LogP contribution in [-0.2, 0) is 0 Å². The van der Waals surface area contributed by atoms with Gasteiger partial charge in [0.25, 0.3) is 5.91 Å². The number of nitrogens with one attached hydrogen (secondary N) is 1. The molecule has 2 rings (SSSR count). The SMILES string of the molecule is CC(C)c1cc(C(=O)NC2CN(C(C)C)CC2C)no1. The van der Waals surface area contributed by atoms with E-state index in [1.807, 2.05) is 13.8 Å². The van der Waals surface area contributed by atoms with Crippen LogP contribution in [0.4, 0.5) is 0 Å². The molecular weight excluding hydrogens is 254 g/mol. The van der Waals surface area contributed by atoms with E-state index >= 15 is 0 Å². The van der Waals surface area contributed by atoms with Crippen LogP contribution in [0.5, 0.6) is 0 Å². The van der Waals surface area contributed by atoms with Crippen LogP contribution >= 0.6 is 0 Å². The Morgan fingerprint density at radius 1 is 1.40 bits per heavy atom. The van der Waals surface area contributed by atoms with Crippen molar-refractivity contribution >= 4 is 5.91 Å². The fraction of sp³-hybridized carbons (Fsp3) is 0.733. The summed E-state index contributed by atoms with van der Waals surface area (Å²) in [4.78, 5) is 14.6. The van der Waals surface area contributed by atoms with Crippen molar-refractivity contribution in [3.05, 3.63) is 17.5 Å². The zero-order valence-electron chi connectivity index (χ0n) is 13.0. The van der Waals surface area contributed by atoms with Crippen molar-refractivity contribution < 1.29 is 9.32 Å². The molecule has 20 heavy (non-hydrogen) atoms. The molecule has 0 saturated carbocycles. The Morgan fingerprint density at radius 2 is 2.10 bits per heavy atom.